The first-order valence-electron chi connectivity index (χ1n) is 8.15. The van der Waals surface area contributed by atoms with Gasteiger partial charge in [0.15, 0.2) is 0 Å². The topological polar surface area (TPSA) is 143 Å². The molecule has 0 spiro atoms. The van der Waals surface area contributed by atoms with Crippen LogP contribution in [0.25, 0.3) is 0 Å². The van der Waals surface area contributed by atoms with Gasteiger partial charge in [0.25, 0.3) is 21.5 Å². The van der Waals surface area contributed by atoms with Gasteiger partial charge in [-0.15, -0.1) is 11.3 Å². The summed E-state index contributed by atoms with van der Waals surface area (Å²) in [6, 6.07) is 0. The van der Waals surface area contributed by atoms with E-state index in [1.54, 1.807) is 12.3 Å². The van der Waals surface area contributed by atoms with Crippen LogP contribution in [-0.4, -0.2) is 63.6 Å². The van der Waals surface area contributed by atoms with E-state index in [-0.39, 0.29) is 29.5 Å². The highest BCUT2D eigenvalue weighted by atomic mass is 32.2. The number of nitrogens with zero attached hydrogens (tertiary/aromatic N) is 4. The van der Waals surface area contributed by atoms with Crippen molar-refractivity contribution < 1.29 is 18.0 Å². The summed E-state index contributed by atoms with van der Waals surface area (Å²) in [5, 5.41) is 1.57. The number of piperazine rings is 1. The van der Waals surface area contributed by atoms with E-state index < -0.39 is 39.6 Å². The predicted molar refractivity (Wildman–Crippen MR) is 98.4 cm³/mol. The number of H-pyrrole nitrogens is 1. The number of hydrogen-bond donors (Lipinski definition) is 1. The van der Waals surface area contributed by atoms with Crippen molar-refractivity contribution in [2.24, 2.45) is 0 Å². The lowest BCUT2D eigenvalue weighted by molar-refractivity contribution is -0.142. The second kappa shape index (κ2) is 7.31. The monoisotopic (exact) mass is 427 g/mol. The lowest BCUT2D eigenvalue weighted by Crippen LogP contribution is -2.54. The van der Waals surface area contributed by atoms with Crippen molar-refractivity contribution in [2.45, 2.75) is 24.7 Å². The van der Waals surface area contributed by atoms with Crippen LogP contribution in [0, 0.1) is 13.8 Å². The number of amides is 2. The van der Waals surface area contributed by atoms with Crippen LogP contribution in [-0.2, 0) is 26.2 Å². The zero-order valence-corrected chi connectivity index (χ0v) is 16.7. The Morgan fingerprint density at radius 3 is 2.57 bits per heavy atom. The Morgan fingerprint density at radius 1 is 1.25 bits per heavy atom. The van der Waals surface area contributed by atoms with Crippen molar-refractivity contribution in [1.29, 1.82) is 0 Å². The number of carbonyl (C=O) groups is 2. The first-order valence-corrected chi connectivity index (χ1v) is 10.5. The van der Waals surface area contributed by atoms with Crippen molar-refractivity contribution in [1.82, 2.24) is 23.7 Å². The zero-order valence-electron chi connectivity index (χ0n) is 15.0. The average Bonchev–Trinajstić information content (AvgIpc) is 3.06. The van der Waals surface area contributed by atoms with Gasteiger partial charge in [0.05, 0.1) is 6.54 Å². The summed E-state index contributed by atoms with van der Waals surface area (Å²) in [5.41, 5.74) is -0.486. The molecule has 0 bridgehead atoms. The van der Waals surface area contributed by atoms with Crippen LogP contribution in [0.15, 0.2) is 25.5 Å². The van der Waals surface area contributed by atoms with E-state index in [0.717, 1.165) is 15.9 Å². The molecule has 3 heterocycles. The number of thiazole rings is 1. The average molecular weight is 427 g/mol. The molecule has 1 saturated heterocycles. The molecular formula is C15H17N5O6S2. The highest BCUT2D eigenvalue weighted by Gasteiger charge is 2.37. The highest BCUT2D eigenvalue weighted by molar-refractivity contribution is 7.91. The van der Waals surface area contributed by atoms with E-state index in [1.807, 2.05) is 0 Å². The van der Waals surface area contributed by atoms with Crippen LogP contribution >= 0.6 is 11.3 Å². The molecule has 0 aliphatic carbocycles. The van der Waals surface area contributed by atoms with Gasteiger partial charge in [-0.25, -0.2) is 14.1 Å². The molecule has 0 atom stereocenters. The fraction of sp³-hybridized carbons (Fsp3) is 0.400. The molecule has 1 aliphatic rings. The molecule has 2 amide bonds. The fourth-order valence-electron chi connectivity index (χ4n) is 2.65. The zero-order chi connectivity index (χ0) is 20.6. The summed E-state index contributed by atoms with van der Waals surface area (Å²) >= 11 is 0.925. The first-order chi connectivity index (χ1) is 13.1. The van der Waals surface area contributed by atoms with Crippen LogP contribution in [0.1, 0.15) is 11.3 Å². The number of nitrogens with one attached hydrogen (secondary N) is 1. The molecule has 2 aromatic heterocycles. The number of aromatic amines is 1. The molecule has 0 saturated carbocycles. The Hall–Kier alpha value is -2.80. The van der Waals surface area contributed by atoms with Crippen molar-refractivity contribution in [2.75, 3.05) is 19.6 Å². The van der Waals surface area contributed by atoms with Crippen LogP contribution in [0.2, 0.25) is 0 Å². The molecule has 28 heavy (non-hydrogen) atoms. The Labute approximate surface area is 163 Å². The van der Waals surface area contributed by atoms with Crippen molar-refractivity contribution in [3.8, 4) is 0 Å². The molecule has 13 heteroatoms. The minimum atomic E-state index is -4.06. The third kappa shape index (κ3) is 3.75. The number of carbonyl (C=O) groups excluding carboxylic acids is 2. The van der Waals surface area contributed by atoms with E-state index in [9.17, 15) is 27.6 Å². The van der Waals surface area contributed by atoms with Gasteiger partial charge in [0.1, 0.15) is 13.1 Å². The number of rotatable bonds is 4. The quantitative estimate of drug-likeness (QED) is 0.637. The molecule has 1 aliphatic heterocycles. The second-order valence-electron chi connectivity index (χ2n) is 6.24. The van der Waals surface area contributed by atoms with Gasteiger partial charge >= 0.3 is 5.69 Å². The van der Waals surface area contributed by atoms with Crippen LogP contribution in [0.3, 0.4) is 0 Å². The molecule has 0 radical (unpaired) electrons. The number of hydrogen-bond acceptors (Lipinski definition) is 8. The predicted octanol–water partition coefficient (Wildman–Crippen LogP) is -1.33. The normalized spacial score (nSPS) is 15.1. The number of sulfonamides is 1. The first kappa shape index (κ1) is 19.9. The lowest BCUT2D eigenvalue weighted by atomic mass is 10.3. The Kier molecular flexibility index (Phi) is 5.21. The maximum atomic E-state index is 12.6. The lowest BCUT2D eigenvalue weighted by Gasteiger charge is -2.33. The van der Waals surface area contributed by atoms with E-state index in [4.69, 9.17) is 0 Å². The van der Waals surface area contributed by atoms with E-state index in [0.29, 0.717) is 10.00 Å². The van der Waals surface area contributed by atoms with Crippen molar-refractivity contribution in [3.63, 3.8) is 0 Å². The molecule has 11 nitrogen and oxygen atoms in total. The Morgan fingerprint density at radius 2 is 1.96 bits per heavy atom. The molecule has 0 unspecified atom stereocenters. The maximum absolute atomic E-state index is 12.6. The Bertz CT molecular complexity index is 1160. The summed E-state index contributed by atoms with van der Waals surface area (Å²) in [6.45, 7) is 2.12. The fourth-order valence-corrected chi connectivity index (χ4v) is 5.17. The van der Waals surface area contributed by atoms with E-state index >= 15 is 0 Å². The molecule has 2 aromatic rings. The number of aryl methyl sites for hydroxylation is 2. The Balaban J connectivity index is 1.72. The SMILES string of the molecule is Cc1csc(S(=O)(=O)N2CCN(C(=O)Cn3cc(C)c(=O)[nH]c3=O)CC2=O)n1. The van der Waals surface area contributed by atoms with Crippen molar-refractivity contribution in [3.05, 3.63) is 43.7 Å². The summed E-state index contributed by atoms with van der Waals surface area (Å²) in [4.78, 5) is 55.2. The largest absolute Gasteiger partial charge is 0.330 e. The third-order valence-corrected chi connectivity index (χ3v) is 7.30. The molecule has 3 rings (SSSR count). The van der Waals surface area contributed by atoms with E-state index in [2.05, 4.69) is 9.97 Å². The van der Waals surface area contributed by atoms with Crippen LogP contribution < -0.4 is 11.2 Å². The number of aromatic nitrogens is 3. The van der Waals surface area contributed by atoms with Crippen LogP contribution in [0.4, 0.5) is 0 Å². The molecule has 1 N–H and O–H groups in total. The maximum Gasteiger partial charge on any atom is 0.328 e. The summed E-state index contributed by atoms with van der Waals surface area (Å²) in [7, 11) is -4.06. The van der Waals surface area contributed by atoms with Crippen LogP contribution in [0.5, 0.6) is 0 Å². The smallest absolute Gasteiger partial charge is 0.328 e. The van der Waals surface area contributed by atoms with Gasteiger partial charge in [0, 0.05) is 29.4 Å². The highest BCUT2D eigenvalue weighted by Crippen LogP contribution is 2.22. The summed E-state index contributed by atoms with van der Waals surface area (Å²) < 4.78 is 26.7. The van der Waals surface area contributed by atoms with Gasteiger partial charge in [-0.3, -0.25) is 23.9 Å². The standard InChI is InChI=1S/C15H17N5O6S2/c1-9-5-19(14(24)17-13(9)23)6-11(21)18-3-4-20(12(22)7-18)28(25,26)15-16-10(2)8-27-15/h5,8H,3-4,6-7H2,1-2H3,(H,17,23,24). The molecule has 0 aromatic carbocycles. The van der Waals surface area contributed by atoms with Gasteiger partial charge in [-0.1, -0.05) is 0 Å². The minimum Gasteiger partial charge on any atom is -0.330 e. The van der Waals surface area contributed by atoms with Gasteiger partial charge in [0.2, 0.25) is 10.2 Å². The van der Waals surface area contributed by atoms with Gasteiger partial charge < -0.3 is 4.90 Å². The molecular weight excluding hydrogens is 410 g/mol. The van der Waals surface area contributed by atoms with Gasteiger partial charge in [-0.05, 0) is 13.8 Å². The van der Waals surface area contributed by atoms with E-state index in [1.165, 1.54) is 18.0 Å². The minimum absolute atomic E-state index is 0.00868. The summed E-state index contributed by atoms with van der Waals surface area (Å²) in [5.74, 6) is -1.29. The third-order valence-electron chi connectivity index (χ3n) is 4.13. The molecule has 150 valence electrons. The van der Waals surface area contributed by atoms with Crippen molar-refractivity contribution >= 4 is 33.2 Å². The second-order valence-corrected chi connectivity index (χ2v) is 9.13. The molecule has 1 fully saturated rings. The van der Waals surface area contributed by atoms with Gasteiger partial charge in [-0.2, -0.15) is 8.42 Å². The summed E-state index contributed by atoms with van der Waals surface area (Å²) in [6.07, 6.45) is 1.26.